The molecule has 0 heterocycles. The fourth-order valence-electron chi connectivity index (χ4n) is 2.88. The Bertz CT molecular complexity index is 431. The van der Waals surface area contributed by atoms with E-state index in [1.54, 1.807) is 0 Å². The molecule has 20 heavy (non-hydrogen) atoms. The Morgan fingerprint density at radius 2 is 1.75 bits per heavy atom. The molecule has 0 atom stereocenters. The van der Waals surface area contributed by atoms with Gasteiger partial charge in [0.25, 0.3) is 0 Å². The van der Waals surface area contributed by atoms with Crippen molar-refractivity contribution < 1.29 is 9.53 Å². The summed E-state index contributed by atoms with van der Waals surface area (Å²) in [5.74, 6) is 0.683. The van der Waals surface area contributed by atoms with E-state index in [2.05, 4.69) is 32.2 Å². The van der Waals surface area contributed by atoms with Gasteiger partial charge in [-0.1, -0.05) is 43.8 Å². The van der Waals surface area contributed by atoms with Crippen LogP contribution in [0.1, 0.15) is 49.4 Å². The van der Waals surface area contributed by atoms with Crippen LogP contribution in [-0.2, 0) is 4.74 Å². The first-order valence-corrected chi connectivity index (χ1v) is 10.8. The third-order valence-electron chi connectivity index (χ3n) is 4.46. The highest BCUT2D eigenvalue weighted by atomic mass is 28.3. The minimum atomic E-state index is -0.781. The lowest BCUT2D eigenvalue weighted by Gasteiger charge is -2.27. The lowest BCUT2D eigenvalue weighted by molar-refractivity contribution is 0.0164. The Morgan fingerprint density at radius 3 is 2.25 bits per heavy atom. The molecule has 0 saturated heterocycles. The number of carbonyl (C=O) groups excluding carboxylic acids is 1. The Labute approximate surface area is 124 Å². The molecule has 0 radical (unpaired) electrons. The van der Waals surface area contributed by atoms with Crippen LogP contribution in [0.25, 0.3) is 0 Å². The van der Waals surface area contributed by atoms with Crippen molar-refractivity contribution in [3.63, 3.8) is 0 Å². The van der Waals surface area contributed by atoms with E-state index in [4.69, 9.17) is 4.74 Å². The number of benzene rings is 1. The molecule has 2 nitrogen and oxygen atoms in total. The maximum absolute atomic E-state index is 12.1. The highest BCUT2D eigenvalue weighted by Crippen LogP contribution is 2.28. The Kier molecular flexibility index (Phi) is 5.41. The molecule has 0 unspecified atom stereocenters. The molecule has 0 N–H and O–H groups in total. The normalized spacial score (nSPS) is 22.8. The Morgan fingerprint density at radius 1 is 1.15 bits per heavy atom. The van der Waals surface area contributed by atoms with Crippen molar-refractivity contribution in [1.82, 2.24) is 0 Å². The fraction of sp³-hybridized carbons (Fsp3) is 0.588. The van der Waals surface area contributed by atoms with Gasteiger partial charge in [-0.3, -0.25) is 0 Å². The molecule has 1 fully saturated rings. The van der Waals surface area contributed by atoms with Crippen molar-refractivity contribution >= 4 is 20.0 Å². The van der Waals surface area contributed by atoms with Gasteiger partial charge in [0.15, 0.2) is 0 Å². The molecule has 110 valence electrons. The molecule has 1 aromatic carbocycles. The van der Waals surface area contributed by atoms with Crippen LogP contribution in [0.15, 0.2) is 24.3 Å². The van der Waals surface area contributed by atoms with Crippen LogP contribution in [0.4, 0.5) is 0 Å². The summed E-state index contributed by atoms with van der Waals surface area (Å²) in [6.45, 7) is 6.83. The molecule has 0 amide bonds. The predicted octanol–water partition coefficient (Wildman–Crippen LogP) is 3.51. The molecular weight excluding hydrogens is 264 g/mol. The zero-order chi connectivity index (χ0) is 14.5. The number of ether oxygens (including phenoxy) is 1. The van der Waals surface area contributed by atoms with Gasteiger partial charge >= 0.3 is 5.97 Å². The number of carbonyl (C=O) groups is 1. The van der Waals surface area contributed by atoms with Gasteiger partial charge in [0.2, 0.25) is 0 Å². The number of hydrogen-bond acceptors (Lipinski definition) is 2. The molecule has 2 rings (SSSR count). The number of rotatable bonds is 4. The van der Waals surface area contributed by atoms with Crippen molar-refractivity contribution in [2.24, 2.45) is 5.92 Å². The highest BCUT2D eigenvalue weighted by molar-refractivity contribution is 6.70. The largest absolute Gasteiger partial charge is 0.459 e. The summed E-state index contributed by atoms with van der Waals surface area (Å²) in [5, 5.41) is 1.39. The average Bonchev–Trinajstić information content (AvgIpc) is 2.48. The van der Waals surface area contributed by atoms with E-state index in [1.807, 2.05) is 12.1 Å². The zero-order valence-electron chi connectivity index (χ0n) is 12.9. The Balaban J connectivity index is 1.88. The quantitative estimate of drug-likeness (QED) is 0.626. The fourth-order valence-corrected chi connectivity index (χ4v) is 3.84. The molecule has 3 heteroatoms. The second-order valence-electron chi connectivity index (χ2n) is 6.23. The summed E-state index contributed by atoms with van der Waals surface area (Å²) in [6, 6.07) is 8.01. The van der Waals surface area contributed by atoms with Gasteiger partial charge in [-0.2, -0.15) is 0 Å². The smallest absolute Gasteiger partial charge is 0.338 e. The Hall–Kier alpha value is -1.09. The number of esters is 1. The molecular formula is C17H26O2Si. The second kappa shape index (κ2) is 7.07. The molecule has 1 aromatic rings. The van der Waals surface area contributed by atoms with Crippen LogP contribution in [0.2, 0.25) is 13.1 Å². The van der Waals surface area contributed by atoms with Gasteiger partial charge in [0, 0.05) is 0 Å². The van der Waals surface area contributed by atoms with Gasteiger partial charge in [0.05, 0.1) is 14.4 Å². The average molecular weight is 290 g/mol. The van der Waals surface area contributed by atoms with Gasteiger partial charge in [-0.05, 0) is 43.7 Å². The van der Waals surface area contributed by atoms with Crippen molar-refractivity contribution in [2.45, 2.75) is 58.2 Å². The summed E-state index contributed by atoms with van der Waals surface area (Å²) >= 11 is 0. The molecule has 0 aliphatic heterocycles. The topological polar surface area (TPSA) is 26.3 Å². The van der Waals surface area contributed by atoms with Crippen LogP contribution in [0.3, 0.4) is 0 Å². The van der Waals surface area contributed by atoms with E-state index in [1.165, 1.54) is 24.4 Å². The summed E-state index contributed by atoms with van der Waals surface area (Å²) in [6.07, 6.45) is 5.84. The first-order chi connectivity index (χ1) is 9.60. The van der Waals surface area contributed by atoms with Gasteiger partial charge < -0.3 is 4.74 Å². The molecule has 0 spiro atoms. The SMILES string of the molecule is CCC1CCC(OC(=O)c2ccc([SiH](C)C)cc2)CC1. The van der Waals surface area contributed by atoms with Crippen molar-refractivity contribution in [2.75, 3.05) is 0 Å². The third kappa shape index (κ3) is 3.95. The third-order valence-corrected chi connectivity index (χ3v) is 6.18. The van der Waals surface area contributed by atoms with Crippen LogP contribution in [-0.4, -0.2) is 20.9 Å². The summed E-state index contributed by atoms with van der Waals surface area (Å²) in [5.41, 5.74) is 0.695. The number of hydrogen-bond donors (Lipinski definition) is 0. The maximum atomic E-state index is 12.1. The monoisotopic (exact) mass is 290 g/mol. The van der Waals surface area contributed by atoms with Crippen molar-refractivity contribution in [3.8, 4) is 0 Å². The summed E-state index contributed by atoms with van der Waals surface area (Å²) < 4.78 is 5.64. The first kappa shape index (κ1) is 15.3. The van der Waals surface area contributed by atoms with E-state index in [0.717, 1.165) is 18.8 Å². The molecule has 1 saturated carbocycles. The standard InChI is InChI=1S/C17H26O2Si/c1-4-13-5-9-15(10-6-13)19-17(18)14-7-11-16(12-8-14)20(2)3/h7-8,11-13,15,20H,4-6,9-10H2,1-3H3. The van der Waals surface area contributed by atoms with Crippen molar-refractivity contribution in [3.05, 3.63) is 29.8 Å². The lowest BCUT2D eigenvalue weighted by atomic mass is 9.86. The van der Waals surface area contributed by atoms with Gasteiger partial charge in [0.1, 0.15) is 6.10 Å². The first-order valence-electron chi connectivity index (χ1n) is 7.91. The van der Waals surface area contributed by atoms with Crippen LogP contribution < -0.4 is 5.19 Å². The molecule has 1 aliphatic carbocycles. The summed E-state index contributed by atoms with van der Waals surface area (Å²) in [4.78, 5) is 12.1. The predicted molar refractivity (Wildman–Crippen MR) is 86.4 cm³/mol. The molecule has 0 aromatic heterocycles. The summed E-state index contributed by atoms with van der Waals surface area (Å²) in [7, 11) is -0.781. The highest BCUT2D eigenvalue weighted by Gasteiger charge is 2.23. The maximum Gasteiger partial charge on any atom is 0.338 e. The second-order valence-corrected chi connectivity index (χ2v) is 9.21. The lowest BCUT2D eigenvalue weighted by Crippen LogP contribution is -2.25. The van der Waals surface area contributed by atoms with Crippen LogP contribution in [0.5, 0.6) is 0 Å². The van der Waals surface area contributed by atoms with E-state index in [9.17, 15) is 4.79 Å². The molecule has 1 aliphatic rings. The van der Waals surface area contributed by atoms with E-state index in [-0.39, 0.29) is 12.1 Å². The van der Waals surface area contributed by atoms with E-state index >= 15 is 0 Å². The minimum Gasteiger partial charge on any atom is -0.459 e. The van der Waals surface area contributed by atoms with E-state index < -0.39 is 8.80 Å². The van der Waals surface area contributed by atoms with Crippen LogP contribution in [0, 0.1) is 5.92 Å². The van der Waals surface area contributed by atoms with Crippen molar-refractivity contribution in [1.29, 1.82) is 0 Å². The minimum absolute atomic E-state index is 0.129. The zero-order valence-corrected chi connectivity index (χ0v) is 14.0. The van der Waals surface area contributed by atoms with Crippen LogP contribution >= 0.6 is 0 Å². The molecule has 0 bridgehead atoms. The van der Waals surface area contributed by atoms with Gasteiger partial charge in [-0.25, -0.2) is 4.79 Å². The van der Waals surface area contributed by atoms with E-state index in [0.29, 0.717) is 5.56 Å². The van der Waals surface area contributed by atoms with Gasteiger partial charge in [-0.15, -0.1) is 0 Å².